The first-order valence-corrected chi connectivity index (χ1v) is 3.51. The fourth-order valence-electron chi connectivity index (χ4n) is 0.699. The minimum Gasteiger partial charge on any atom is -0.314 e. The Morgan fingerprint density at radius 1 is 1.27 bits per heavy atom. The van der Waals surface area contributed by atoms with Crippen molar-refractivity contribution in [2.75, 3.05) is 5.32 Å². The Morgan fingerprint density at radius 3 is 2.33 bits per heavy atom. The van der Waals surface area contributed by atoms with Gasteiger partial charge in [-0.25, -0.2) is 0 Å². The second-order valence-corrected chi connectivity index (χ2v) is 2.42. The maximum atomic E-state index is 12.7. The molecule has 0 radical (unpaired) electrons. The number of pyridine rings is 1. The SMILES string of the molecule is O=C(Nc1ccc(F)nc1F)C(F)(F)F. The van der Waals surface area contributed by atoms with Crippen molar-refractivity contribution in [3.05, 3.63) is 24.0 Å². The standard InChI is InChI=1S/C7H3F5N2O/c8-4-2-1-3(5(9)14-4)13-6(15)7(10,11)12/h1-2H,(H,13,15). The van der Waals surface area contributed by atoms with Gasteiger partial charge in [0.1, 0.15) is 0 Å². The van der Waals surface area contributed by atoms with Crippen LogP contribution in [0.4, 0.5) is 27.6 Å². The van der Waals surface area contributed by atoms with Crippen molar-refractivity contribution in [2.45, 2.75) is 6.18 Å². The van der Waals surface area contributed by atoms with Crippen LogP contribution >= 0.6 is 0 Å². The fraction of sp³-hybridized carbons (Fsp3) is 0.143. The maximum Gasteiger partial charge on any atom is 0.471 e. The fourth-order valence-corrected chi connectivity index (χ4v) is 0.699. The van der Waals surface area contributed by atoms with E-state index in [2.05, 4.69) is 4.98 Å². The van der Waals surface area contributed by atoms with Crippen molar-refractivity contribution in [3.8, 4) is 0 Å². The molecule has 1 rings (SSSR count). The Hall–Kier alpha value is -1.73. The van der Waals surface area contributed by atoms with Crippen LogP contribution in [0.2, 0.25) is 0 Å². The predicted molar refractivity (Wildman–Crippen MR) is 38.8 cm³/mol. The number of rotatable bonds is 1. The summed E-state index contributed by atoms with van der Waals surface area (Å²) < 4.78 is 60.0. The highest BCUT2D eigenvalue weighted by Crippen LogP contribution is 2.19. The molecule has 0 fully saturated rings. The average Bonchev–Trinajstić information content (AvgIpc) is 2.08. The second kappa shape index (κ2) is 3.79. The molecule has 0 spiro atoms. The third-order valence-corrected chi connectivity index (χ3v) is 1.32. The summed E-state index contributed by atoms with van der Waals surface area (Å²) in [6.45, 7) is 0. The number of alkyl halides is 3. The number of anilines is 1. The zero-order valence-corrected chi connectivity index (χ0v) is 6.90. The van der Waals surface area contributed by atoms with Gasteiger partial charge in [-0.05, 0) is 12.1 Å². The van der Waals surface area contributed by atoms with E-state index in [1.54, 1.807) is 0 Å². The average molecular weight is 226 g/mol. The molecule has 3 nitrogen and oxygen atoms in total. The van der Waals surface area contributed by atoms with Crippen molar-refractivity contribution >= 4 is 11.6 Å². The number of carbonyl (C=O) groups is 1. The molecule has 0 aliphatic rings. The molecule has 1 heterocycles. The lowest BCUT2D eigenvalue weighted by atomic mass is 10.4. The zero-order valence-electron chi connectivity index (χ0n) is 6.90. The van der Waals surface area contributed by atoms with Crippen LogP contribution < -0.4 is 5.32 Å². The summed E-state index contributed by atoms with van der Waals surface area (Å²) in [5, 5.41) is 1.21. The molecule has 1 aromatic heterocycles. The number of hydrogen-bond acceptors (Lipinski definition) is 2. The molecule has 1 aromatic rings. The van der Waals surface area contributed by atoms with Crippen LogP contribution in [0.3, 0.4) is 0 Å². The Labute approximate surface area is 79.9 Å². The molecule has 0 saturated carbocycles. The van der Waals surface area contributed by atoms with Crippen LogP contribution in [0.5, 0.6) is 0 Å². The van der Waals surface area contributed by atoms with Gasteiger partial charge < -0.3 is 5.32 Å². The topological polar surface area (TPSA) is 42.0 Å². The number of amides is 1. The molecule has 0 aliphatic heterocycles. The Bertz CT molecular complexity index is 389. The van der Waals surface area contributed by atoms with Crippen molar-refractivity contribution in [1.29, 1.82) is 0 Å². The Kier molecular flexibility index (Phi) is 2.87. The van der Waals surface area contributed by atoms with Gasteiger partial charge in [0.2, 0.25) is 11.9 Å². The van der Waals surface area contributed by atoms with Crippen molar-refractivity contribution < 1.29 is 26.7 Å². The summed E-state index contributed by atoms with van der Waals surface area (Å²) >= 11 is 0. The van der Waals surface area contributed by atoms with Crippen LogP contribution in [0, 0.1) is 11.9 Å². The van der Waals surface area contributed by atoms with Crippen molar-refractivity contribution in [3.63, 3.8) is 0 Å². The molecule has 1 N–H and O–H groups in total. The van der Waals surface area contributed by atoms with Gasteiger partial charge >= 0.3 is 12.1 Å². The van der Waals surface area contributed by atoms with Gasteiger partial charge in [0, 0.05) is 0 Å². The molecule has 1 amide bonds. The van der Waals surface area contributed by atoms with E-state index >= 15 is 0 Å². The molecule has 0 aliphatic carbocycles. The number of carbonyl (C=O) groups excluding carboxylic acids is 1. The van der Waals surface area contributed by atoms with E-state index in [4.69, 9.17) is 0 Å². The minimum atomic E-state index is -5.14. The van der Waals surface area contributed by atoms with Crippen LogP contribution in [0.15, 0.2) is 12.1 Å². The van der Waals surface area contributed by atoms with Gasteiger partial charge in [-0.15, -0.1) is 0 Å². The summed E-state index contributed by atoms with van der Waals surface area (Å²) in [5.41, 5.74) is -0.835. The molecule has 0 bridgehead atoms. The summed E-state index contributed by atoms with van der Waals surface area (Å²) in [6, 6.07) is 1.26. The molecule has 15 heavy (non-hydrogen) atoms. The third kappa shape index (κ3) is 2.86. The molecular weight excluding hydrogens is 223 g/mol. The van der Waals surface area contributed by atoms with Gasteiger partial charge in [0.25, 0.3) is 0 Å². The van der Waals surface area contributed by atoms with E-state index in [9.17, 15) is 26.7 Å². The van der Waals surface area contributed by atoms with Gasteiger partial charge in [0.05, 0.1) is 5.69 Å². The normalized spacial score (nSPS) is 11.3. The van der Waals surface area contributed by atoms with E-state index in [1.807, 2.05) is 0 Å². The summed E-state index contributed by atoms with van der Waals surface area (Å²) in [5.74, 6) is -5.07. The van der Waals surface area contributed by atoms with Crippen molar-refractivity contribution in [1.82, 2.24) is 4.98 Å². The lowest BCUT2D eigenvalue weighted by Crippen LogP contribution is -2.30. The number of aromatic nitrogens is 1. The number of halogens is 5. The summed E-state index contributed by atoms with van der Waals surface area (Å²) in [7, 11) is 0. The lowest BCUT2D eigenvalue weighted by Gasteiger charge is -2.07. The van der Waals surface area contributed by atoms with E-state index in [0.717, 1.165) is 0 Å². The summed E-state index contributed by atoms with van der Waals surface area (Å²) in [4.78, 5) is 12.9. The quantitative estimate of drug-likeness (QED) is 0.586. The Balaban J connectivity index is 2.87. The van der Waals surface area contributed by atoms with E-state index < -0.39 is 29.7 Å². The van der Waals surface area contributed by atoms with Crippen molar-refractivity contribution in [2.24, 2.45) is 0 Å². The molecule has 0 atom stereocenters. The largest absolute Gasteiger partial charge is 0.471 e. The third-order valence-electron chi connectivity index (χ3n) is 1.32. The van der Waals surface area contributed by atoms with Gasteiger partial charge in [0.15, 0.2) is 0 Å². The molecule has 0 unspecified atom stereocenters. The highest BCUT2D eigenvalue weighted by Gasteiger charge is 2.39. The highest BCUT2D eigenvalue weighted by atomic mass is 19.4. The first-order chi connectivity index (χ1) is 6.80. The van der Waals surface area contributed by atoms with Crippen LogP contribution in [0.25, 0.3) is 0 Å². The van der Waals surface area contributed by atoms with E-state index in [0.29, 0.717) is 12.1 Å². The molecule has 82 valence electrons. The molecule has 8 heteroatoms. The van der Waals surface area contributed by atoms with Gasteiger partial charge in [-0.3, -0.25) is 4.79 Å². The van der Waals surface area contributed by atoms with Gasteiger partial charge in [-0.2, -0.15) is 26.9 Å². The van der Waals surface area contributed by atoms with E-state index in [1.165, 1.54) is 5.32 Å². The predicted octanol–water partition coefficient (Wildman–Crippen LogP) is 1.86. The minimum absolute atomic E-state index is 0.620. The zero-order chi connectivity index (χ0) is 11.6. The first kappa shape index (κ1) is 11.3. The number of nitrogens with zero attached hydrogens (tertiary/aromatic N) is 1. The molecule has 0 aromatic carbocycles. The van der Waals surface area contributed by atoms with Crippen LogP contribution in [-0.2, 0) is 4.79 Å². The molecule has 0 saturated heterocycles. The van der Waals surface area contributed by atoms with Crippen LogP contribution in [0.1, 0.15) is 0 Å². The lowest BCUT2D eigenvalue weighted by molar-refractivity contribution is -0.167. The smallest absolute Gasteiger partial charge is 0.314 e. The number of nitrogens with one attached hydrogen (secondary N) is 1. The second-order valence-electron chi connectivity index (χ2n) is 2.42. The van der Waals surface area contributed by atoms with E-state index in [-0.39, 0.29) is 0 Å². The maximum absolute atomic E-state index is 12.7. The number of hydrogen-bond donors (Lipinski definition) is 1. The monoisotopic (exact) mass is 226 g/mol. The summed E-state index contributed by atoms with van der Waals surface area (Å²) in [6.07, 6.45) is -5.14. The van der Waals surface area contributed by atoms with Crippen LogP contribution in [-0.4, -0.2) is 17.1 Å². The highest BCUT2D eigenvalue weighted by molar-refractivity contribution is 5.94. The first-order valence-electron chi connectivity index (χ1n) is 3.51. The van der Waals surface area contributed by atoms with Gasteiger partial charge in [-0.1, -0.05) is 0 Å². The Morgan fingerprint density at radius 2 is 1.87 bits per heavy atom. The molecular formula is C7H3F5N2O.